The van der Waals surface area contributed by atoms with Gasteiger partial charge in [-0.15, -0.1) is 0 Å². The van der Waals surface area contributed by atoms with Gasteiger partial charge in [0.2, 0.25) is 0 Å². The molecule has 0 unspecified atom stereocenters. The maximum absolute atomic E-state index is 12.1. The molecule has 8 nitrogen and oxygen atoms in total. The minimum absolute atomic E-state index is 0.230. The van der Waals surface area contributed by atoms with E-state index < -0.39 is 23.3 Å². The molecule has 1 heterocycles. The fourth-order valence-electron chi connectivity index (χ4n) is 2.79. The van der Waals surface area contributed by atoms with E-state index in [2.05, 4.69) is 5.32 Å². The van der Waals surface area contributed by atoms with Crippen molar-refractivity contribution in [3.8, 4) is 11.5 Å². The molecule has 0 spiro atoms. The first-order chi connectivity index (χ1) is 13.3. The SMILES string of the molecule is Cc1cc(=O)oc2c(C)c(OCC(=O)Nc3ccc(C(=O)O)c(O)c3)ccc12. The number of hydrogen-bond donors (Lipinski definition) is 3. The van der Waals surface area contributed by atoms with Crippen LogP contribution in [0.2, 0.25) is 0 Å². The van der Waals surface area contributed by atoms with E-state index >= 15 is 0 Å². The molecule has 0 radical (unpaired) electrons. The van der Waals surface area contributed by atoms with Gasteiger partial charge in [-0.2, -0.15) is 0 Å². The molecule has 144 valence electrons. The third kappa shape index (κ3) is 3.80. The number of rotatable bonds is 5. The lowest BCUT2D eigenvalue weighted by atomic mass is 10.1. The highest BCUT2D eigenvalue weighted by molar-refractivity contribution is 5.95. The van der Waals surface area contributed by atoms with Crippen molar-refractivity contribution in [3.63, 3.8) is 0 Å². The third-order valence-electron chi connectivity index (χ3n) is 4.19. The second-order valence-electron chi connectivity index (χ2n) is 6.19. The number of carboxylic acid groups (broad SMARTS) is 1. The number of anilines is 1. The maximum Gasteiger partial charge on any atom is 0.339 e. The fraction of sp³-hybridized carbons (Fsp3) is 0.150. The molecule has 2 aromatic carbocycles. The van der Waals surface area contributed by atoms with Gasteiger partial charge in [-0.25, -0.2) is 9.59 Å². The van der Waals surface area contributed by atoms with Crippen LogP contribution in [0.5, 0.6) is 11.5 Å². The zero-order valence-electron chi connectivity index (χ0n) is 15.1. The highest BCUT2D eigenvalue weighted by Gasteiger charge is 2.13. The van der Waals surface area contributed by atoms with Gasteiger partial charge in [0.15, 0.2) is 6.61 Å². The Morgan fingerprint density at radius 1 is 1.14 bits per heavy atom. The second-order valence-corrected chi connectivity index (χ2v) is 6.19. The van der Waals surface area contributed by atoms with Crippen molar-refractivity contribution in [2.45, 2.75) is 13.8 Å². The number of aryl methyl sites for hydroxylation is 2. The molecule has 8 heteroatoms. The summed E-state index contributed by atoms with van der Waals surface area (Å²) < 4.78 is 10.8. The van der Waals surface area contributed by atoms with Crippen LogP contribution in [0, 0.1) is 13.8 Å². The maximum atomic E-state index is 12.1. The van der Waals surface area contributed by atoms with Gasteiger partial charge in [0, 0.05) is 28.8 Å². The van der Waals surface area contributed by atoms with E-state index in [1.54, 1.807) is 26.0 Å². The van der Waals surface area contributed by atoms with Crippen LogP contribution in [0.1, 0.15) is 21.5 Å². The minimum Gasteiger partial charge on any atom is -0.507 e. The molecule has 3 N–H and O–H groups in total. The monoisotopic (exact) mass is 383 g/mol. The molecule has 3 rings (SSSR count). The molecule has 0 aliphatic rings. The average molecular weight is 383 g/mol. The normalized spacial score (nSPS) is 10.6. The van der Waals surface area contributed by atoms with Crippen molar-refractivity contribution in [1.29, 1.82) is 0 Å². The predicted octanol–water partition coefficient (Wildman–Crippen LogP) is 2.83. The Labute approximate surface area is 159 Å². The van der Waals surface area contributed by atoms with E-state index in [4.69, 9.17) is 14.3 Å². The molecule has 0 aliphatic carbocycles. The number of hydrogen-bond acceptors (Lipinski definition) is 6. The number of benzene rings is 2. The van der Waals surface area contributed by atoms with Crippen molar-refractivity contribution in [3.05, 3.63) is 63.5 Å². The molecule has 28 heavy (non-hydrogen) atoms. The van der Waals surface area contributed by atoms with Crippen molar-refractivity contribution in [2.75, 3.05) is 11.9 Å². The first-order valence-corrected chi connectivity index (χ1v) is 8.29. The molecular formula is C20H17NO7. The number of carbonyl (C=O) groups is 2. The van der Waals surface area contributed by atoms with E-state index in [-0.39, 0.29) is 17.9 Å². The second kappa shape index (κ2) is 7.43. The number of phenols is 1. The smallest absolute Gasteiger partial charge is 0.339 e. The van der Waals surface area contributed by atoms with Crippen molar-refractivity contribution < 1.29 is 29.0 Å². The van der Waals surface area contributed by atoms with Crippen LogP contribution < -0.4 is 15.7 Å². The van der Waals surface area contributed by atoms with E-state index in [0.29, 0.717) is 16.9 Å². The number of aromatic hydroxyl groups is 1. The van der Waals surface area contributed by atoms with Crippen LogP contribution in [-0.4, -0.2) is 28.7 Å². The summed E-state index contributed by atoms with van der Waals surface area (Å²) in [7, 11) is 0. The number of amides is 1. The summed E-state index contributed by atoms with van der Waals surface area (Å²) in [5, 5.41) is 21.8. The van der Waals surface area contributed by atoms with Crippen LogP contribution in [0.4, 0.5) is 5.69 Å². The highest BCUT2D eigenvalue weighted by Crippen LogP contribution is 2.28. The topological polar surface area (TPSA) is 126 Å². The Kier molecular flexibility index (Phi) is 5.04. The molecule has 1 amide bonds. The van der Waals surface area contributed by atoms with Gasteiger partial charge < -0.3 is 24.7 Å². The zero-order chi connectivity index (χ0) is 20.4. The van der Waals surface area contributed by atoms with E-state index in [1.807, 2.05) is 0 Å². The Morgan fingerprint density at radius 3 is 2.57 bits per heavy atom. The highest BCUT2D eigenvalue weighted by atomic mass is 16.5. The lowest BCUT2D eigenvalue weighted by Crippen LogP contribution is -2.20. The van der Waals surface area contributed by atoms with E-state index in [0.717, 1.165) is 17.0 Å². The lowest BCUT2D eigenvalue weighted by Gasteiger charge is -2.12. The summed E-state index contributed by atoms with van der Waals surface area (Å²) in [4.78, 5) is 34.6. The van der Waals surface area contributed by atoms with Crippen molar-refractivity contribution in [2.24, 2.45) is 0 Å². The summed E-state index contributed by atoms with van der Waals surface area (Å²) in [5.41, 5.74) is 1.27. The van der Waals surface area contributed by atoms with E-state index in [9.17, 15) is 19.5 Å². The Morgan fingerprint density at radius 2 is 1.89 bits per heavy atom. The summed E-state index contributed by atoms with van der Waals surface area (Å²) in [6.07, 6.45) is 0. The van der Waals surface area contributed by atoms with Gasteiger partial charge in [0.05, 0.1) is 0 Å². The molecule has 0 saturated carbocycles. The van der Waals surface area contributed by atoms with Crippen molar-refractivity contribution in [1.82, 2.24) is 0 Å². The summed E-state index contributed by atoms with van der Waals surface area (Å²) in [6, 6.07) is 8.52. The number of aromatic carboxylic acids is 1. The molecule has 0 fully saturated rings. The first-order valence-electron chi connectivity index (χ1n) is 8.29. The summed E-state index contributed by atoms with van der Waals surface area (Å²) in [6.45, 7) is 3.20. The first kappa shape index (κ1) is 19.0. The van der Waals surface area contributed by atoms with E-state index in [1.165, 1.54) is 18.2 Å². The van der Waals surface area contributed by atoms with Crippen molar-refractivity contribution >= 4 is 28.5 Å². The quantitative estimate of drug-likeness (QED) is 0.578. The summed E-state index contributed by atoms with van der Waals surface area (Å²) in [5.74, 6) is -1.84. The standard InChI is InChI=1S/C20H17NO7/c1-10-7-18(24)28-19-11(2)16(6-5-13(10)19)27-9-17(23)21-12-3-4-14(20(25)26)15(22)8-12/h3-8,22H,9H2,1-2H3,(H,21,23)(H,25,26). The van der Waals surface area contributed by atoms with Gasteiger partial charge in [-0.1, -0.05) is 0 Å². The lowest BCUT2D eigenvalue weighted by molar-refractivity contribution is -0.118. The number of nitrogens with one attached hydrogen (secondary N) is 1. The van der Waals surface area contributed by atoms with Crippen LogP contribution in [-0.2, 0) is 4.79 Å². The van der Waals surface area contributed by atoms with Gasteiger partial charge in [0.1, 0.15) is 22.6 Å². The number of carbonyl (C=O) groups excluding carboxylic acids is 1. The van der Waals surface area contributed by atoms with Crippen LogP contribution in [0.25, 0.3) is 11.0 Å². The Balaban J connectivity index is 1.73. The van der Waals surface area contributed by atoms with Gasteiger partial charge in [-0.3, -0.25) is 4.79 Å². The van der Waals surface area contributed by atoms with Crippen LogP contribution >= 0.6 is 0 Å². The Bertz CT molecular complexity index is 1150. The molecule has 0 saturated heterocycles. The predicted molar refractivity (Wildman–Crippen MR) is 101 cm³/mol. The van der Waals surface area contributed by atoms with Crippen LogP contribution in [0.15, 0.2) is 45.6 Å². The summed E-state index contributed by atoms with van der Waals surface area (Å²) >= 11 is 0. The molecule has 1 aromatic heterocycles. The number of fused-ring (bicyclic) bond motifs is 1. The molecule has 0 bridgehead atoms. The molecule has 0 atom stereocenters. The largest absolute Gasteiger partial charge is 0.507 e. The Hall–Kier alpha value is -3.81. The minimum atomic E-state index is -1.27. The average Bonchev–Trinajstić information content (AvgIpc) is 2.61. The molecule has 0 aliphatic heterocycles. The fourth-order valence-corrected chi connectivity index (χ4v) is 2.79. The molecular weight excluding hydrogens is 366 g/mol. The third-order valence-corrected chi connectivity index (χ3v) is 4.19. The van der Waals surface area contributed by atoms with Crippen LogP contribution in [0.3, 0.4) is 0 Å². The van der Waals surface area contributed by atoms with Gasteiger partial charge in [0.25, 0.3) is 5.91 Å². The number of carboxylic acids is 1. The molecule has 3 aromatic rings. The van der Waals surface area contributed by atoms with Gasteiger partial charge >= 0.3 is 11.6 Å². The number of ether oxygens (including phenoxy) is 1. The van der Waals surface area contributed by atoms with Gasteiger partial charge in [-0.05, 0) is 43.7 Å². The zero-order valence-corrected chi connectivity index (χ0v) is 15.1.